The lowest BCUT2D eigenvalue weighted by atomic mass is 10.2. The first-order valence-electron chi connectivity index (χ1n) is 8.09. The zero-order chi connectivity index (χ0) is 18.4. The van der Waals surface area contributed by atoms with Gasteiger partial charge in [-0.15, -0.1) is 0 Å². The summed E-state index contributed by atoms with van der Waals surface area (Å²) in [6, 6.07) is 4.71. The van der Waals surface area contributed by atoms with Gasteiger partial charge in [0.05, 0.1) is 36.0 Å². The number of pyridine rings is 2. The molecule has 1 amide bonds. The fraction of sp³-hybridized carbons (Fsp3) is 0.278. The number of nitrogens with zero attached hydrogens (tertiary/aromatic N) is 3. The van der Waals surface area contributed by atoms with E-state index in [4.69, 9.17) is 4.74 Å². The second kappa shape index (κ2) is 6.05. The number of carbonyl (C=O) groups is 1. The SMILES string of the molecule is COc1nccc(F)c1-c1cc2cc(NC(=O)[C@@H]3C[C@@H]3F)ncc2n1C. The highest BCUT2D eigenvalue weighted by Gasteiger charge is 2.43. The molecule has 134 valence electrons. The van der Waals surface area contributed by atoms with Crippen molar-refractivity contribution >= 4 is 22.6 Å². The summed E-state index contributed by atoms with van der Waals surface area (Å²) in [5.74, 6) is -0.905. The number of rotatable bonds is 4. The second-order valence-corrected chi connectivity index (χ2v) is 6.24. The van der Waals surface area contributed by atoms with Crippen LogP contribution in [0.2, 0.25) is 0 Å². The molecule has 0 radical (unpaired) electrons. The maximum atomic E-state index is 14.4. The van der Waals surface area contributed by atoms with Gasteiger partial charge in [0, 0.05) is 18.6 Å². The summed E-state index contributed by atoms with van der Waals surface area (Å²) in [7, 11) is 3.21. The van der Waals surface area contributed by atoms with Crippen molar-refractivity contribution in [2.45, 2.75) is 12.6 Å². The number of ether oxygens (including phenoxy) is 1. The Bertz CT molecular complexity index is 1020. The number of hydrogen-bond acceptors (Lipinski definition) is 4. The molecule has 8 heteroatoms. The Labute approximate surface area is 147 Å². The molecule has 2 atom stereocenters. The van der Waals surface area contributed by atoms with Crippen LogP contribution in [-0.4, -0.2) is 33.7 Å². The molecule has 0 spiro atoms. The van der Waals surface area contributed by atoms with Crippen LogP contribution in [0, 0.1) is 11.7 Å². The number of anilines is 1. The number of alkyl halides is 1. The van der Waals surface area contributed by atoms with Crippen molar-refractivity contribution in [2.24, 2.45) is 13.0 Å². The van der Waals surface area contributed by atoms with Gasteiger partial charge < -0.3 is 14.6 Å². The van der Waals surface area contributed by atoms with Crippen LogP contribution in [0.25, 0.3) is 22.2 Å². The van der Waals surface area contributed by atoms with Gasteiger partial charge in [0.2, 0.25) is 11.8 Å². The van der Waals surface area contributed by atoms with E-state index in [2.05, 4.69) is 15.3 Å². The van der Waals surface area contributed by atoms with Crippen LogP contribution in [0.4, 0.5) is 14.6 Å². The van der Waals surface area contributed by atoms with Crippen LogP contribution in [0.5, 0.6) is 5.88 Å². The quantitative estimate of drug-likeness (QED) is 0.778. The first-order chi connectivity index (χ1) is 12.5. The van der Waals surface area contributed by atoms with Gasteiger partial charge >= 0.3 is 0 Å². The van der Waals surface area contributed by atoms with E-state index in [9.17, 15) is 13.6 Å². The number of fused-ring (bicyclic) bond motifs is 1. The lowest BCUT2D eigenvalue weighted by Gasteiger charge is -2.09. The zero-order valence-corrected chi connectivity index (χ0v) is 14.2. The van der Waals surface area contributed by atoms with Gasteiger partial charge in [0.15, 0.2) is 0 Å². The molecule has 0 bridgehead atoms. The maximum absolute atomic E-state index is 14.4. The third kappa shape index (κ3) is 2.67. The first-order valence-corrected chi connectivity index (χ1v) is 8.09. The van der Waals surface area contributed by atoms with Gasteiger partial charge in [-0.2, -0.15) is 0 Å². The van der Waals surface area contributed by atoms with Crippen molar-refractivity contribution in [3.8, 4) is 17.1 Å². The average molecular weight is 358 g/mol. The van der Waals surface area contributed by atoms with E-state index in [1.54, 1.807) is 29.9 Å². The van der Waals surface area contributed by atoms with Gasteiger partial charge in [0.25, 0.3) is 0 Å². The highest BCUT2D eigenvalue weighted by atomic mass is 19.1. The van der Waals surface area contributed by atoms with E-state index >= 15 is 0 Å². The summed E-state index contributed by atoms with van der Waals surface area (Å²) >= 11 is 0. The fourth-order valence-corrected chi connectivity index (χ4v) is 3.00. The second-order valence-electron chi connectivity index (χ2n) is 6.24. The molecule has 0 unspecified atom stereocenters. The molecule has 0 aromatic carbocycles. The highest BCUT2D eigenvalue weighted by Crippen LogP contribution is 2.36. The smallest absolute Gasteiger partial charge is 0.231 e. The molecule has 6 nitrogen and oxygen atoms in total. The topological polar surface area (TPSA) is 69.0 Å². The average Bonchev–Trinajstić information content (AvgIpc) is 3.28. The number of methoxy groups -OCH3 is 1. The molecule has 1 N–H and O–H groups in total. The molecule has 1 aliphatic rings. The summed E-state index contributed by atoms with van der Waals surface area (Å²) in [4.78, 5) is 20.1. The normalized spacial score (nSPS) is 18.8. The van der Waals surface area contributed by atoms with Crippen LogP contribution >= 0.6 is 0 Å². The summed E-state index contributed by atoms with van der Waals surface area (Å²) in [5.41, 5.74) is 1.56. The summed E-state index contributed by atoms with van der Waals surface area (Å²) < 4.78 is 34.3. The zero-order valence-electron chi connectivity index (χ0n) is 14.2. The monoisotopic (exact) mass is 358 g/mol. The lowest BCUT2D eigenvalue weighted by Crippen LogP contribution is -2.15. The van der Waals surface area contributed by atoms with Crippen LogP contribution in [0.3, 0.4) is 0 Å². The van der Waals surface area contributed by atoms with Crippen LogP contribution in [0.1, 0.15) is 6.42 Å². The molecular weight excluding hydrogens is 342 g/mol. The number of hydrogen-bond donors (Lipinski definition) is 1. The summed E-state index contributed by atoms with van der Waals surface area (Å²) in [5, 5.41) is 3.37. The Morgan fingerprint density at radius 1 is 1.38 bits per heavy atom. The van der Waals surface area contributed by atoms with E-state index in [1.807, 2.05) is 0 Å². The largest absolute Gasteiger partial charge is 0.480 e. The molecule has 1 aliphatic carbocycles. The number of halogens is 2. The lowest BCUT2D eigenvalue weighted by molar-refractivity contribution is -0.117. The Hall–Kier alpha value is -3.03. The molecular formula is C18H16F2N4O2. The van der Waals surface area contributed by atoms with Crippen molar-refractivity contribution < 1.29 is 18.3 Å². The Morgan fingerprint density at radius 2 is 2.15 bits per heavy atom. The standard InChI is InChI=1S/C18H16F2N4O2/c1-24-13(16-11(19)3-4-21-18(16)26-2)5-9-6-15(22-8-14(9)24)23-17(25)10-7-12(10)20/h3-6,8,10,12H,7H2,1-2H3,(H,22,23,25)/t10-,12+/m1/s1. The predicted molar refractivity (Wildman–Crippen MR) is 92.1 cm³/mol. The molecule has 3 heterocycles. The van der Waals surface area contributed by atoms with Crippen LogP contribution < -0.4 is 10.1 Å². The molecule has 4 rings (SSSR count). The van der Waals surface area contributed by atoms with E-state index in [1.165, 1.54) is 19.4 Å². The third-order valence-electron chi connectivity index (χ3n) is 4.54. The van der Waals surface area contributed by atoms with Crippen molar-refractivity contribution in [3.05, 3.63) is 36.4 Å². The molecule has 1 saturated carbocycles. The number of carbonyl (C=O) groups excluding carboxylic acids is 1. The summed E-state index contributed by atoms with van der Waals surface area (Å²) in [6.07, 6.45) is 2.10. The van der Waals surface area contributed by atoms with Gasteiger partial charge in [-0.3, -0.25) is 4.79 Å². The molecule has 3 aromatic rings. The van der Waals surface area contributed by atoms with Crippen LogP contribution in [-0.2, 0) is 11.8 Å². The van der Waals surface area contributed by atoms with Gasteiger partial charge in [0.1, 0.15) is 17.8 Å². The highest BCUT2D eigenvalue weighted by molar-refractivity contribution is 5.96. The van der Waals surface area contributed by atoms with Gasteiger partial charge in [-0.1, -0.05) is 0 Å². The number of nitrogens with one attached hydrogen (secondary N) is 1. The van der Waals surface area contributed by atoms with Gasteiger partial charge in [-0.25, -0.2) is 18.7 Å². The molecule has 0 saturated heterocycles. The number of aromatic nitrogens is 3. The van der Waals surface area contributed by atoms with E-state index in [-0.39, 0.29) is 23.8 Å². The number of amides is 1. The molecule has 26 heavy (non-hydrogen) atoms. The van der Waals surface area contributed by atoms with E-state index in [0.29, 0.717) is 11.5 Å². The molecule has 0 aliphatic heterocycles. The van der Waals surface area contributed by atoms with Crippen molar-refractivity contribution in [2.75, 3.05) is 12.4 Å². The number of aryl methyl sites for hydroxylation is 1. The summed E-state index contributed by atoms with van der Waals surface area (Å²) in [6.45, 7) is 0. The van der Waals surface area contributed by atoms with Crippen molar-refractivity contribution in [3.63, 3.8) is 0 Å². The van der Waals surface area contributed by atoms with Gasteiger partial charge in [-0.05, 0) is 24.6 Å². The Kier molecular flexibility index (Phi) is 3.82. The minimum Gasteiger partial charge on any atom is -0.480 e. The molecule has 1 fully saturated rings. The van der Waals surface area contributed by atoms with Crippen LogP contribution in [0.15, 0.2) is 30.6 Å². The van der Waals surface area contributed by atoms with Crippen molar-refractivity contribution in [1.29, 1.82) is 0 Å². The maximum Gasteiger partial charge on any atom is 0.231 e. The van der Waals surface area contributed by atoms with Crippen molar-refractivity contribution in [1.82, 2.24) is 14.5 Å². The first kappa shape index (κ1) is 16.4. The minimum absolute atomic E-state index is 0.181. The molecule has 3 aromatic heterocycles. The Balaban J connectivity index is 1.74. The van der Waals surface area contributed by atoms with E-state index < -0.39 is 17.9 Å². The van der Waals surface area contributed by atoms with E-state index in [0.717, 1.165) is 10.9 Å². The fourth-order valence-electron chi connectivity index (χ4n) is 3.00. The third-order valence-corrected chi connectivity index (χ3v) is 4.54. The predicted octanol–water partition coefficient (Wildman–Crippen LogP) is 3.08. The minimum atomic E-state index is -1.07. The Morgan fingerprint density at radius 3 is 2.85 bits per heavy atom.